The van der Waals surface area contributed by atoms with Crippen molar-refractivity contribution < 1.29 is 10.2 Å². The number of aliphatic hydroxyl groups is 2. The lowest BCUT2D eigenvalue weighted by atomic mass is 9.46. The molecule has 0 aromatic rings. The molecule has 0 unspecified atom stereocenters. The number of hydrogen-bond acceptors (Lipinski definition) is 2. The molecule has 0 radical (unpaired) electrons. The Bertz CT molecular complexity index is 634. The first-order chi connectivity index (χ1) is 13.6. The normalized spacial score (nSPS) is 45.0. The Morgan fingerprint density at radius 2 is 1.83 bits per heavy atom. The second-order valence-electron chi connectivity index (χ2n) is 12.4. The lowest BCUT2D eigenvalue weighted by Gasteiger charge is -2.58. The summed E-state index contributed by atoms with van der Waals surface area (Å²) < 4.78 is 0. The summed E-state index contributed by atoms with van der Waals surface area (Å²) in [6.45, 7) is 11.4. The number of rotatable bonds is 5. The predicted molar refractivity (Wildman–Crippen MR) is 121 cm³/mol. The monoisotopic (exact) mass is 402 g/mol. The Morgan fingerprint density at radius 3 is 2.55 bits per heavy atom. The van der Waals surface area contributed by atoms with Crippen molar-refractivity contribution in [3.8, 4) is 0 Å². The van der Waals surface area contributed by atoms with Crippen molar-refractivity contribution >= 4 is 0 Å². The van der Waals surface area contributed by atoms with Crippen LogP contribution in [0.2, 0.25) is 0 Å². The molecule has 4 aliphatic rings. The molecule has 4 rings (SSSR count). The van der Waals surface area contributed by atoms with Gasteiger partial charge in [0.15, 0.2) is 0 Å². The molecule has 0 aromatic heterocycles. The van der Waals surface area contributed by atoms with Crippen LogP contribution < -0.4 is 0 Å². The van der Waals surface area contributed by atoms with E-state index in [9.17, 15) is 10.2 Å². The average Bonchev–Trinajstić information content (AvgIpc) is 3.03. The first kappa shape index (κ1) is 21.9. The average molecular weight is 403 g/mol. The van der Waals surface area contributed by atoms with Gasteiger partial charge in [-0.25, -0.2) is 0 Å². The van der Waals surface area contributed by atoms with E-state index in [1.807, 2.05) is 6.92 Å². The van der Waals surface area contributed by atoms with E-state index in [0.29, 0.717) is 17.3 Å². The van der Waals surface area contributed by atoms with Crippen LogP contribution >= 0.6 is 0 Å². The smallest absolute Gasteiger partial charge is 0.0910 e. The Morgan fingerprint density at radius 1 is 1.07 bits per heavy atom. The molecule has 8 atom stereocenters. The van der Waals surface area contributed by atoms with Gasteiger partial charge >= 0.3 is 0 Å². The third kappa shape index (κ3) is 3.45. The first-order valence-electron chi connectivity index (χ1n) is 12.7. The van der Waals surface area contributed by atoms with Crippen LogP contribution in [-0.4, -0.2) is 21.9 Å². The predicted octanol–water partition coefficient (Wildman–Crippen LogP) is 6.50. The third-order valence-corrected chi connectivity index (χ3v) is 10.4. The molecule has 3 saturated carbocycles. The Labute approximate surface area is 179 Å². The summed E-state index contributed by atoms with van der Waals surface area (Å²) >= 11 is 0. The van der Waals surface area contributed by atoms with Crippen LogP contribution in [0.4, 0.5) is 0 Å². The van der Waals surface area contributed by atoms with Gasteiger partial charge in [-0.15, -0.1) is 0 Å². The lowest BCUT2D eigenvalue weighted by molar-refractivity contribution is -0.151. The number of hydrogen-bond donors (Lipinski definition) is 2. The Balaban J connectivity index is 1.56. The van der Waals surface area contributed by atoms with Crippen molar-refractivity contribution in [2.45, 2.75) is 117 Å². The summed E-state index contributed by atoms with van der Waals surface area (Å²) in [7, 11) is 0. The van der Waals surface area contributed by atoms with Crippen LogP contribution in [0.1, 0.15) is 105 Å². The fourth-order valence-corrected chi connectivity index (χ4v) is 8.67. The van der Waals surface area contributed by atoms with Crippen LogP contribution in [0.5, 0.6) is 0 Å². The molecule has 2 heteroatoms. The molecule has 0 aliphatic heterocycles. The zero-order chi connectivity index (χ0) is 21.0. The van der Waals surface area contributed by atoms with E-state index in [1.54, 1.807) is 5.57 Å². The molecule has 0 saturated heterocycles. The standard InChI is InChI=1S/C27H46O2/c1-18(2)9-14-24(28)27(5,29)23-13-12-21-20-11-10-19-8-6-7-16-25(19,3)22(20)15-17-26(21,23)4/h10,18,20-24,28-29H,6-9,11-17H2,1-5H3/t20-,21-,22-,23-,24+,25-,26-,27+/m0/s1. The molecule has 2 nitrogen and oxygen atoms in total. The molecule has 3 fully saturated rings. The second kappa shape index (κ2) is 7.66. The van der Waals surface area contributed by atoms with E-state index in [1.165, 1.54) is 51.4 Å². The zero-order valence-electron chi connectivity index (χ0n) is 19.7. The molecule has 0 spiro atoms. The highest BCUT2D eigenvalue weighted by atomic mass is 16.3. The summed E-state index contributed by atoms with van der Waals surface area (Å²) in [5.41, 5.74) is 1.44. The van der Waals surface area contributed by atoms with Gasteiger partial charge in [0.05, 0.1) is 11.7 Å². The Kier molecular flexibility index (Phi) is 5.78. The van der Waals surface area contributed by atoms with Gasteiger partial charge in [-0.1, -0.05) is 45.8 Å². The van der Waals surface area contributed by atoms with Crippen molar-refractivity contribution in [2.75, 3.05) is 0 Å². The van der Waals surface area contributed by atoms with Gasteiger partial charge in [0, 0.05) is 0 Å². The summed E-state index contributed by atoms with van der Waals surface area (Å²) in [6, 6.07) is 0. The second-order valence-corrected chi connectivity index (χ2v) is 12.4. The molecule has 166 valence electrons. The maximum absolute atomic E-state index is 11.6. The van der Waals surface area contributed by atoms with Gasteiger partial charge in [0.2, 0.25) is 0 Å². The quantitative estimate of drug-likeness (QED) is 0.515. The fraction of sp³-hybridized carbons (Fsp3) is 0.926. The molecule has 29 heavy (non-hydrogen) atoms. The van der Waals surface area contributed by atoms with Gasteiger partial charge in [0.1, 0.15) is 0 Å². The van der Waals surface area contributed by atoms with Crippen LogP contribution in [0.3, 0.4) is 0 Å². The van der Waals surface area contributed by atoms with E-state index >= 15 is 0 Å². The van der Waals surface area contributed by atoms with Crippen LogP contribution in [0, 0.1) is 40.4 Å². The van der Waals surface area contributed by atoms with Gasteiger partial charge in [0.25, 0.3) is 0 Å². The Hall–Kier alpha value is -0.340. The summed E-state index contributed by atoms with van der Waals surface area (Å²) in [5.74, 6) is 3.14. The molecule has 0 bridgehead atoms. The van der Waals surface area contributed by atoms with Gasteiger partial charge in [-0.05, 0) is 112 Å². The molecular weight excluding hydrogens is 356 g/mol. The SMILES string of the molecule is CC(C)CC[C@@H](O)[C@](C)(O)[C@H]1CC[C@H]2[C@@H]3CC=C4CCCC[C@]4(C)[C@H]3CC[C@]12C. The maximum Gasteiger partial charge on any atom is 0.0910 e. The van der Waals surface area contributed by atoms with Crippen LogP contribution in [0.25, 0.3) is 0 Å². The van der Waals surface area contributed by atoms with Crippen molar-refractivity contribution in [1.82, 2.24) is 0 Å². The zero-order valence-corrected chi connectivity index (χ0v) is 19.7. The highest BCUT2D eigenvalue weighted by molar-refractivity contribution is 5.24. The van der Waals surface area contributed by atoms with Crippen molar-refractivity contribution in [1.29, 1.82) is 0 Å². The van der Waals surface area contributed by atoms with Crippen LogP contribution in [0.15, 0.2) is 11.6 Å². The van der Waals surface area contributed by atoms with E-state index in [2.05, 4.69) is 33.8 Å². The number of allylic oxidation sites excluding steroid dienone is 2. The topological polar surface area (TPSA) is 40.5 Å². The summed E-state index contributed by atoms with van der Waals surface area (Å²) in [6.07, 6.45) is 15.4. The van der Waals surface area contributed by atoms with Crippen molar-refractivity contribution in [3.63, 3.8) is 0 Å². The molecular formula is C27H46O2. The van der Waals surface area contributed by atoms with E-state index < -0.39 is 11.7 Å². The molecule has 0 heterocycles. The minimum absolute atomic E-state index is 0.180. The third-order valence-electron chi connectivity index (χ3n) is 10.4. The van der Waals surface area contributed by atoms with E-state index in [-0.39, 0.29) is 11.3 Å². The first-order valence-corrected chi connectivity index (χ1v) is 12.7. The lowest BCUT2D eigenvalue weighted by Crippen LogP contribution is -2.55. The summed E-state index contributed by atoms with van der Waals surface area (Å²) in [5, 5.41) is 22.5. The minimum atomic E-state index is -0.963. The van der Waals surface area contributed by atoms with Gasteiger partial charge < -0.3 is 10.2 Å². The number of fused-ring (bicyclic) bond motifs is 5. The fourth-order valence-electron chi connectivity index (χ4n) is 8.67. The van der Waals surface area contributed by atoms with Gasteiger partial charge in [-0.3, -0.25) is 0 Å². The van der Waals surface area contributed by atoms with E-state index in [4.69, 9.17) is 0 Å². The maximum atomic E-state index is 11.6. The summed E-state index contributed by atoms with van der Waals surface area (Å²) in [4.78, 5) is 0. The minimum Gasteiger partial charge on any atom is -0.390 e. The highest BCUT2D eigenvalue weighted by Gasteiger charge is 2.61. The largest absolute Gasteiger partial charge is 0.390 e. The van der Waals surface area contributed by atoms with Crippen LogP contribution in [-0.2, 0) is 0 Å². The van der Waals surface area contributed by atoms with Gasteiger partial charge in [-0.2, -0.15) is 0 Å². The molecule has 0 aromatic carbocycles. The molecule has 2 N–H and O–H groups in total. The molecule has 4 aliphatic carbocycles. The van der Waals surface area contributed by atoms with E-state index in [0.717, 1.165) is 31.1 Å². The van der Waals surface area contributed by atoms with Crippen molar-refractivity contribution in [3.05, 3.63) is 11.6 Å². The van der Waals surface area contributed by atoms with Crippen molar-refractivity contribution in [2.24, 2.45) is 40.4 Å². The number of aliphatic hydroxyl groups excluding tert-OH is 1. The molecule has 0 amide bonds. The highest BCUT2D eigenvalue weighted by Crippen LogP contribution is 2.67.